The summed E-state index contributed by atoms with van der Waals surface area (Å²) in [5.74, 6) is -1.02. The van der Waals surface area contributed by atoms with E-state index in [0.717, 1.165) is 19.3 Å². The zero-order valence-corrected chi connectivity index (χ0v) is 14.8. The smallest absolute Gasteiger partial charge is 0.326 e. The second-order valence-electron chi connectivity index (χ2n) is 7.33. The van der Waals surface area contributed by atoms with Gasteiger partial charge < -0.3 is 19.5 Å². The Kier molecular flexibility index (Phi) is 4.58. The summed E-state index contributed by atoms with van der Waals surface area (Å²) in [5, 5.41) is 9.24. The molecule has 136 valence electrons. The molecule has 2 aliphatic heterocycles. The van der Waals surface area contributed by atoms with Gasteiger partial charge in [0.1, 0.15) is 11.7 Å². The Bertz CT molecular complexity index is 688. The van der Waals surface area contributed by atoms with E-state index in [0.29, 0.717) is 31.7 Å². The van der Waals surface area contributed by atoms with Crippen molar-refractivity contribution in [2.24, 2.45) is 12.5 Å². The van der Waals surface area contributed by atoms with Gasteiger partial charge in [-0.25, -0.2) is 4.79 Å². The van der Waals surface area contributed by atoms with Gasteiger partial charge in [-0.1, -0.05) is 0 Å². The molecular formula is C18H25N3O4. The number of aromatic nitrogens is 1. The van der Waals surface area contributed by atoms with Gasteiger partial charge in [0.15, 0.2) is 0 Å². The van der Waals surface area contributed by atoms with Crippen LogP contribution in [0.5, 0.6) is 0 Å². The molecule has 2 fully saturated rings. The second kappa shape index (κ2) is 6.54. The van der Waals surface area contributed by atoms with Crippen molar-refractivity contribution in [2.75, 3.05) is 19.6 Å². The molecule has 1 spiro atoms. The van der Waals surface area contributed by atoms with Crippen molar-refractivity contribution in [3.05, 3.63) is 24.0 Å². The third kappa shape index (κ3) is 3.27. The van der Waals surface area contributed by atoms with E-state index in [4.69, 9.17) is 0 Å². The van der Waals surface area contributed by atoms with Crippen LogP contribution in [-0.2, 0) is 16.6 Å². The molecule has 2 aliphatic rings. The normalized spacial score (nSPS) is 21.4. The molecule has 3 rings (SSSR count). The number of likely N-dealkylation sites (tertiary alicyclic amines) is 2. The van der Waals surface area contributed by atoms with Gasteiger partial charge in [0, 0.05) is 39.3 Å². The summed E-state index contributed by atoms with van der Waals surface area (Å²) in [7, 11) is 1.86. The van der Waals surface area contributed by atoms with E-state index in [1.54, 1.807) is 6.92 Å². The van der Waals surface area contributed by atoms with E-state index in [-0.39, 0.29) is 17.2 Å². The lowest BCUT2D eigenvalue weighted by Crippen LogP contribution is -2.56. The Morgan fingerprint density at radius 1 is 1.24 bits per heavy atom. The van der Waals surface area contributed by atoms with Crippen LogP contribution < -0.4 is 0 Å². The molecule has 1 aromatic rings. The first-order valence-electron chi connectivity index (χ1n) is 8.76. The van der Waals surface area contributed by atoms with Crippen LogP contribution in [0.1, 0.15) is 43.1 Å². The number of nitrogens with zero attached hydrogens (tertiary/aromatic N) is 3. The number of aryl methyl sites for hydroxylation is 1. The van der Waals surface area contributed by atoms with Crippen LogP contribution in [-0.4, -0.2) is 62.9 Å². The summed E-state index contributed by atoms with van der Waals surface area (Å²) in [6.07, 6.45) is 4.64. The molecule has 2 saturated heterocycles. The average molecular weight is 347 g/mol. The molecule has 2 amide bonds. The minimum absolute atomic E-state index is 0.0324. The molecule has 1 aromatic heterocycles. The standard InChI is InChI=1S/C18H25N3O4/c1-13(17(24)25)21-12-18(6-5-15(21)22)7-10-20(11-8-18)16(23)14-4-3-9-19(14)2/h3-4,9,13H,5-8,10-12H2,1-2H3,(H,24,25)/t13-/m0/s1. The van der Waals surface area contributed by atoms with Crippen molar-refractivity contribution in [1.82, 2.24) is 14.4 Å². The molecule has 0 aromatic carbocycles. The van der Waals surface area contributed by atoms with Crippen molar-refractivity contribution >= 4 is 17.8 Å². The quantitative estimate of drug-likeness (QED) is 0.894. The van der Waals surface area contributed by atoms with Gasteiger partial charge in [0.2, 0.25) is 5.91 Å². The van der Waals surface area contributed by atoms with Crippen molar-refractivity contribution in [2.45, 2.75) is 38.6 Å². The zero-order valence-electron chi connectivity index (χ0n) is 14.8. The van der Waals surface area contributed by atoms with Crippen LogP contribution in [0.4, 0.5) is 0 Å². The summed E-state index contributed by atoms with van der Waals surface area (Å²) >= 11 is 0. The van der Waals surface area contributed by atoms with E-state index in [9.17, 15) is 19.5 Å². The number of aliphatic carboxylic acids is 1. The fraction of sp³-hybridized carbons (Fsp3) is 0.611. The number of piperidine rings is 2. The van der Waals surface area contributed by atoms with Crippen molar-refractivity contribution in [1.29, 1.82) is 0 Å². The maximum absolute atomic E-state index is 12.6. The highest BCUT2D eigenvalue weighted by Crippen LogP contribution is 2.41. The van der Waals surface area contributed by atoms with Crippen molar-refractivity contribution in [3.8, 4) is 0 Å². The highest BCUT2D eigenvalue weighted by molar-refractivity contribution is 5.92. The first kappa shape index (κ1) is 17.5. The van der Waals surface area contributed by atoms with Gasteiger partial charge in [-0.3, -0.25) is 9.59 Å². The summed E-state index contributed by atoms with van der Waals surface area (Å²) in [5.41, 5.74) is 0.610. The molecule has 0 saturated carbocycles. The number of hydrogen-bond donors (Lipinski definition) is 1. The fourth-order valence-electron chi connectivity index (χ4n) is 3.97. The topological polar surface area (TPSA) is 82.8 Å². The van der Waals surface area contributed by atoms with E-state index in [2.05, 4.69) is 0 Å². The highest BCUT2D eigenvalue weighted by Gasteiger charge is 2.44. The van der Waals surface area contributed by atoms with Crippen LogP contribution in [0, 0.1) is 5.41 Å². The largest absolute Gasteiger partial charge is 0.480 e. The number of carbonyl (C=O) groups excluding carboxylic acids is 2. The Hall–Kier alpha value is -2.31. The van der Waals surface area contributed by atoms with Gasteiger partial charge in [-0.05, 0) is 43.7 Å². The van der Waals surface area contributed by atoms with Crippen LogP contribution >= 0.6 is 0 Å². The maximum Gasteiger partial charge on any atom is 0.326 e. The summed E-state index contributed by atoms with van der Waals surface area (Å²) in [6.45, 7) is 3.33. The van der Waals surface area contributed by atoms with Crippen molar-refractivity contribution < 1.29 is 19.5 Å². The Morgan fingerprint density at radius 3 is 2.48 bits per heavy atom. The molecular weight excluding hydrogens is 322 g/mol. The first-order valence-corrected chi connectivity index (χ1v) is 8.76. The lowest BCUT2D eigenvalue weighted by atomic mass is 9.72. The predicted octanol–water partition coefficient (Wildman–Crippen LogP) is 1.34. The molecule has 7 heteroatoms. The van der Waals surface area contributed by atoms with Crippen LogP contribution in [0.25, 0.3) is 0 Å². The van der Waals surface area contributed by atoms with Crippen LogP contribution in [0.2, 0.25) is 0 Å². The molecule has 7 nitrogen and oxygen atoms in total. The Labute approximate surface area is 147 Å². The van der Waals surface area contributed by atoms with E-state index < -0.39 is 12.0 Å². The van der Waals surface area contributed by atoms with Gasteiger partial charge in [-0.2, -0.15) is 0 Å². The third-order valence-electron chi connectivity index (χ3n) is 5.79. The molecule has 25 heavy (non-hydrogen) atoms. The number of rotatable bonds is 3. The number of amides is 2. The minimum Gasteiger partial charge on any atom is -0.480 e. The number of hydrogen-bond acceptors (Lipinski definition) is 3. The molecule has 0 unspecified atom stereocenters. The minimum atomic E-state index is -0.971. The fourth-order valence-corrected chi connectivity index (χ4v) is 3.97. The lowest BCUT2D eigenvalue weighted by Gasteiger charge is -2.48. The van der Waals surface area contributed by atoms with Crippen LogP contribution in [0.15, 0.2) is 18.3 Å². The Morgan fingerprint density at radius 2 is 1.92 bits per heavy atom. The molecule has 0 aliphatic carbocycles. The number of carboxylic acids is 1. The highest BCUT2D eigenvalue weighted by atomic mass is 16.4. The monoisotopic (exact) mass is 347 g/mol. The molecule has 0 radical (unpaired) electrons. The maximum atomic E-state index is 12.6. The van der Waals surface area contributed by atoms with E-state index >= 15 is 0 Å². The molecule has 3 heterocycles. The SMILES string of the molecule is C[C@@H](C(=O)O)N1CC2(CCC1=O)CCN(C(=O)c1cccn1C)CC2. The first-order chi connectivity index (χ1) is 11.8. The van der Waals surface area contributed by atoms with Gasteiger partial charge in [0.25, 0.3) is 5.91 Å². The van der Waals surface area contributed by atoms with Gasteiger partial charge >= 0.3 is 5.97 Å². The Balaban J connectivity index is 1.66. The van der Waals surface area contributed by atoms with Gasteiger partial charge in [-0.15, -0.1) is 0 Å². The average Bonchev–Trinajstić information content (AvgIpc) is 3.02. The predicted molar refractivity (Wildman–Crippen MR) is 91.0 cm³/mol. The van der Waals surface area contributed by atoms with Crippen LogP contribution in [0.3, 0.4) is 0 Å². The molecule has 1 atom stereocenters. The zero-order chi connectivity index (χ0) is 18.2. The number of carboxylic acid groups (broad SMARTS) is 1. The van der Waals surface area contributed by atoms with Crippen molar-refractivity contribution in [3.63, 3.8) is 0 Å². The third-order valence-corrected chi connectivity index (χ3v) is 5.79. The summed E-state index contributed by atoms with van der Waals surface area (Å²) in [4.78, 5) is 39.4. The molecule has 0 bridgehead atoms. The summed E-state index contributed by atoms with van der Waals surface area (Å²) in [6, 6.07) is 2.88. The van der Waals surface area contributed by atoms with Gasteiger partial charge in [0.05, 0.1) is 0 Å². The van der Waals surface area contributed by atoms with E-state index in [1.807, 2.05) is 34.8 Å². The molecule has 1 N–H and O–H groups in total. The summed E-state index contributed by atoms with van der Waals surface area (Å²) < 4.78 is 1.82. The number of carbonyl (C=O) groups is 3. The lowest BCUT2D eigenvalue weighted by molar-refractivity contribution is -0.154. The second-order valence-corrected chi connectivity index (χ2v) is 7.33. The van der Waals surface area contributed by atoms with E-state index in [1.165, 1.54) is 4.90 Å².